The van der Waals surface area contributed by atoms with Gasteiger partial charge in [-0.05, 0) is 32.9 Å². The minimum atomic E-state index is 0.442. The van der Waals surface area contributed by atoms with Crippen molar-refractivity contribution in [1.82, 2.24) is 19.7 Å². The van der Waals surface area contributed by atoms with Crippen LogP contribution in [0.5, 0.6) is 0 Å². The van der Waals surface area contributed by atoms with Crippen molar-refractivity contribution in [3.05, 3.63) is 11.6 Å². The third-order valence-corrected chi connectivity index (χ3v) is 3.03. The van der Waals surface area contributed by atoms with E-state index >= 15 is 0 Å². The van der Waals surface area contributed by atoms with E-state index in [4.69, 9.17) is 0 Å². The Morgan fingerprint density at radius 1 is 1.11 bits per heavy atom. The first-order valence-corrected chi connectivity index (χ1v) is 7.22. The van der Waals surface area contributed by atoms with Crippen molar-refractivity contribution in [1.29, 1.82) is 0 Å². The summed E-state index contributed by atoms with van der Waals surface area (Å²) in [5.74, 6) is 2.44. The van der Waals surface area contributed by atoms with Gasteiger partial charge in [0, 0.05) is 12.5 Å². The number of nitrogens with zero attached hydrogens (tertiary/aromatic N) is 4. The van der Waals surface area contributed by atoms with Crippen molar-refractivity contribution in [3.8, 4) is 0 Å². The van der Waals surface area contributed by atoms with E-state index in [-0.39, 0.29) is 0 Å². The molecule has 4 heteroatoms. The van der Waals surface area contributed by atoms with Crippen LogP contribution >= 0.6 is 0 Å². The molecule has 104 valence electrons. The molecule has 0 bridgehead atoms. The van der Waals surface area contributed by atoms with Crippen LogP contribution in [0.4, 0.5) is 0 Å². The van der Waals surface area contributed by atoms with Gasteiger partial charge in [-0.1, -0.05) is 27.7 Å². The molecule has 0 aliphatic heterocycles. The average Bonchev–Trinajstić information content (AvgIpc) is 2.68. The van der Waals surface area contributed by atoms with Gasteiger partial charge in [-0.2, -0.15) is 5.10 Å². The summed E-state index contributed by atoms with van der Waals surface area (Å²) in [5.41, 5.74) is 0. The van der Waals surface area contributed by atoms with Crippen LogP contribution in [0, 0.1) is 6.92 Å². The number of aromatic nitrogens is 3. The van der Waals surface area contributed by atoms with E-state index in [9.17, 15) is 0 Å². The maximum atomic E-state index is 4.51. The molecule has 0 saturated heterocycles. The van der Waals surface area contributed by atoms with Gasteiger partial charge in [0.15, 0.2) is 0 Å². The Labute approximate surface area is 111 Å². The van der Waals surface area contributed by atoms with Crippen LogP contribution in [0.25, 0.3) is 0 Å². The van der Waals surface area contributed by atoms with E-state index < -0.39 is 0 Å². The Morgan fingerprint density at radius 3 is 2.22 bits per heavy atom. The molecule has 0 amide bonds. The fourth-order valence-corrected chi connectivity index (χ4v) is 2.27. The lowest BCUT2D eigenvalue weighted by Crippen LogP contribution is -2.30. The van der Waals surface area contributed by atoms with Gasteiger partial charge < -0.3 is 4.90 Å². The van der Waals surface area contributed by atoms with Crippen molar-refractivity contribution >= 4 is 0 Å². The molecule has 0 N–H and O–H groups in total. The summed E-state index contributed by atoms with van der Waals surface area (Å²) >= 11 is 0. The maximum absolute atomic E-state index is 4.51. The number of aryl methyl sites for hydroxylation is 1. The van der Waals surface area contributed by atoms with Gasteiger partial charge in [-0.25, -0.2) is 9.67 Å². The second kappa shape index (κ2) is 7.52. The monoisotopic (exact) mass is 252 g/mol. The lowest BCUT2D eigenvalue weighted by Gasteiger charge is -2.21. The van der Waals surface area contributed by atoms with E-state index in [1.54, 1.807) is 0 Å². The van der Waals surface area contributed by atoms with Crippen LogP contribution < -0.4 is 0 Å². The van der Waals surface area contributed by atoms with Crippen molar-refractivity contribution < 1.29 is 0 Å². The SMILES string of the molecule is CCCN(CCC)CCn1nc(C)nc1C(C)C. The van der Waals surface area contributed by atoms with Gasteiger partial charge in [0.2, 0.25) is 0 Å². The van der Waals surface area contributed by atoms with Gasteiger partial charge in [0.25, 0.3) is 0 Å². The van der Waals surface area contributed by atoms with E-state index in [0.29, 0.717) is 5.92 Å². The highest BCUT2D eigenvalue weighted by Gasteiger charge is 2.12. The van der Waals surface area contributed by atoms with Crippen LogP contribution in [0.15, 0.2) is 0 Å². The van der Waals surface area contributed by atoms with Crippen LogP contribution in [0.1, 0.15) is 58.1 Å². The van der Waals surface area contributed by atoms with Gasteiger partial charge in [0.05, 0.1) is 6.54 Å². The molecule has 0 aromatic carbocycles. The molecule has 0 aliphatic carbocycles. The second-order valence-corrected chi connectivity index (χ2v) is 5.24. The number of rotatable bonds is 8. The van der Waals surface area contributed by atoms with Crippen LogP contribution in [-0.2, 0) is 6.54 Å². The van der Waals surface area contributed by atoms with Crippen LogP contribution in [0.3, 0.4) is 0 Å². The number of hydrogen-bond acceptors (Lipinski definition) is 3. The molecule has 1 heterocycles. The molecule has 0 fully saturated rings. The highest BCUT2D eigenvalue weighted by Crippen LogP contribution is 2.11. The molecule has 1 rings (SSSR count). The molecular formula is C14H28N4. The second-order valence-electron chi connectivity index (χ2n) is 5.24. The van der Waals surface area contributed by atoms with Crippen molar-refractivity contribution in [2.45, 2.75) is 59.9 Å². The van der Waals surface area contributed by atoms with Gasteiger partial charge in [-0.15, -0.1) is 0 Å². The fourth-order valence-electron chi connectivity index (χ4n) is 2.27. The average molecular weight is 252 g/mol. The Morgan fingerprint density at radius 2 is 1.72 bits per heavy atom. The minimum absolute atomic E-state index is 0.442. The summed E-state index contributed by atoms with van der Waals surface area (Å²) < 4.78 is 2.08. The Bertz CT molecular complexity index is 338. The first-order chi connectivity index (χ1) is 8.58. The summed E-state index contributed by atoms with van der Waals surface area (Å²) in [7, 11) is 0. The minimum Gasteiger partial charge on any atom is -0.302 e. The summed E-state index contributed by atoms with van der Waals surface area (Å²) in [6.07, 6.45) is 2.43. The summed E-state index contributed by atoms with van der Waals surface area (Å²) in [6, 6.07) is 0. The normalized spacial score (nSPS) is 11.7. The Balaban J connectivity index is 2.60. The largest absolute Gasteiger partial charge is 0.302 e. The predicted octanol–water partition coefficient (Wildman–Crippen LogP) is 2.83. The molecule has 18 heavy (non-hydrogen) atoms. The van der Waals surface area contributed by atoms with Crippen molar-refractivity contribution in [2.75, 3.05) is 19.6 Å². The highest BCUT2D eigenvalue weighted by atomic mass is 15.4. The lowest BCUT2D eigenvalue weighted by atomic mass is 10.2. The van der Waals surface area contributed by atoms with Gasteiger partial charge >= 0.3 is 0 Å². The Kier molecular flexibility index (Phi) is 6.33. The smallest absolute Gasteiger partial charge is 0.147 e. The fraction of sp³-hybridized carbons (Fsp3) is 0.857. The molecule has 0 aliphatic rings. The van der Waals surface area contributed by atoms with Crippen LogP contribution in [0.2, 0.25) is 0 Å². The zero-order valence-electron chi connectivity index (χ0n) is 12.6. The van der Waals surface area contributed by atoms with E-state index in [1.807, 2.05) is 6.92 Å². The Hall–Kier alpha value is -0.900. The lowest BCUT2D eigenvalue weighted by molar-refractivity contribution is 0.257. The summed E-state index contributed by atoms with van der Waals surface area (Å²) in [5, 5.41) is 4.50. The van der Waals surface area contributed by atoms with Crippen molar-refractivity contribution in [2.24, 2.45) is 0 Å². The quantitative estimate of drug-likeness (QED) is 0.713. The summed E-state index contributed by atoms with van der Waals surface area (Å²) in [4.78, 5) is 7.03. The molecule has 0 spiro atoms. The topological polar surface area (TPSA) is 34.0 Å². The molecular weight excluding hydrogens is 224 g/mol. The first-order valence-electron chi connectivity index (χ1n) is 7.22. The third kappa shape index (κ3) is 4.41. The molecule has 0 unspecified atom stereocenters. The van der Waals surface area contributed by atoms with Gasteiger partial charge in [-0.3, -0.25) is 0 Å². The van der Waals surface area contributed by atoms with E-state index in [1.165, 1.54) is 25.9 Å². The van der Waals surface area contributed by atoms with Crippen LogP contribution in [-0.4, -0.2) is 39.3 Å². The molecule has 4 nitrogen and oxygen atoms in total. The zero-order chi connectivity index (χ0) is 13.5. The molecule has 0 radical (unpaired) electrons. The summed E-state index contributed by atoms with van der Waals surface area (Å²) in [6.45, 7) is 15.2. The highest BCUT2D eigenvalue weighted by molar-refractivity contribution is 4.96. The standard InChI is InChI=1S/C14H28N4/c1-6-8-17(9-7-2)10-11-18-14(12(3)4)15-13(5)16-18/h12H,6-11H2,1-5H3. The first kappa shape index (κ1) is 15.2. The van der Waals surface area contributed by atoms with Crippen molar-refractivity contribution in [3.63, 3.8) is 0 Å². The van der Waals surface area contributed by atoms with E-state index in [0.717, 1.165) is 24.7 Å². The maximum Gasteiger partial charge on any atom is 0.147 e. The zero-order valence-corrected chi connectivity index (χ0v) is 12.6. The molecule has 0 atom stereocenters. The molecule has 0 saturated carbocycles. The van der Waals surface area contributed by atoms with E-state index in [2.05, 4.69) is 47.4 Å². The predicted molar refractivity (Wildman–Crippen MR) is 75.9 cm³/mol. The third-order valence-electron chi connectivity index (χ3n) is 3.03. The number of hydrogen-bond donors (Lipinski definition) is 0. The molecule has 1 aromatic rings. The van der Waals surface area contributed by atoms with Gasteiger partial charge in [0.1, 0.15) is 11.6 Å². The molecule has 1 aromatic heterocycles.